The minimum absolute atomic E-state index is 0.0254. The van der Waals surface area contributed by atoms with Crippen molar-refractivity contribution in [3.05, 3.63) is 46.0 Å². The van der Waals surface area contributed by atoms with E-state index in [0.29, 0.717) is 0 Å². The molecule has 0 spiro atoms. The number of rotatable bonds is 5. The number of nitro groups is 1. The molecule has 1 rings (SSSR count). The Bertz CT molecular complexity index is 375. The van der Waals surface area contributed by atoms with E-state index >= 15 is 0 Å². The van der Waals surface area contributed by atoms with Crippen LogP contribution in [0.1, 0.15) is 31.7 Å². The van der Waals surface area contributed by atoms with Crippen LogP contribution < -0.4 is 0 Å². The molecule has 2 atom stereocenters. The fourth-order valence-electron chi connectivity index (χ4n) is 1.72. The summed E-state index contributed by atoms with van der Waals surface area (Å²) in [6.45, 7) is 3.00. The van der Waals surface area contributed by atoms with Gasteiger partial charge in [-0.2, -0.15) is 0 Å². The Balaban J connectivity index is 2.96. The number of hydrogen-bond acceptors (Lipinski definition) is 3. The summed E-state index contributed by atoms with van der Waals surface area (Å²) in [7, 11) is 0. The summed E-state index contributed by atoms with van der Waals surface area (Å²) in [6.07, 6.45) is 0.214. The average molecular weight is 221 g/mol. The summed E-state index contributed by atoms with van der Waals surface area (Å²) in [5, 5.41) is 10.8. The summed E-state index contributed by atoms with van der Waals surface area (Å²) in [5.41, 5.74) is 0.849. The van der Waals surface area contributed by atoms with Gasteiger partial charge in [0.1, 0.15) is 5.78 Å². The number of nitrogens with zero attached hydrogens (tertiary/aromatic N) is 1. The fraction of sp³-hybridized carbons (Fsp3) is 0.417. The van der Waals surface area contributed by atoms with Gasteiger partial charge in [-0.25, -0.2) is 0 Å². The smallest absolute Gasteiger partial charge is 0.217 e. The lowest BCUT2D eigenvalue weighted by Crippen LogP contribution is -2.25. The molecule has 0 bridgehead atoms. The van der Waals surface area contributed by atoms with Gasteiger partial charge in [0, 0.05) is 18.3 Å². The summed E-state index contributed by atoms with van der Waals surface area (Å²) in [5.74, 6) is -0.365. The van der Waals surface area contributed by atoms with E-state index in [0.717, 1.165) is 5.56 Å². The normalized spacial score (nSPS) is 14.1. The molecule has 0 heterocycles. The Kier molecular flexibility index (Phi) is 4.17. The molecule has 1 aromatic carbocycles. The second-order valence-electron chi connectivity index (χ2n) is 3.95. The molecule has 4 nitrogen and oxygen atoms in total. The molecule has 0 fully saturated rings. The lowest BCUT2D eigenvalue weighted by Gasteiger charge is -2.17. The first-order valence-corrected chi connectivity index (χ1v) is 5.20. The first-order chi connectivity index (χ1) is 7.52. The van der Waals surface area contributed by atoms with E-state index in [-0.39, 0.29) is 23.0 Å². The van der Waals surface area contributed by atoms with Gasteiger partial charge in [0.05, 0.1) is 5.92 Å². The molecule has 0 saturated carbocycles. The fourth-order valence-corrected chi connectivity index (χ4v) is 1.72. The highest BCUT2D eigenvalue weighted by Crippen LogP contribution is 2.25. The third-order valence-corrected chi connectivity index (χ3v) is 2.65. The Hall–Kier alpha value is -1.71. The zero-order valence-electron chi connectivity index (χ0n) is 9.42. The number of carbonyl (C=O) groups excluding carboxylic acids is 1. The summed E-state index contributed by atoms with van der Waals surface area (Å²) >= 11 is 0. The topological polar surface area (TPSA) is 60.2 Å². The highest BCUT2D eigenvalue weighted by molar-refractivity contribution is 5.76. The maximum Gasteiger partial charge on any atom is 0.217 e. The van der Waals surface area contributed by atoms with Gasteiger partial charge < -0.3 is 4.79 Å². The molecular weight excluding hydrogens is 206 g/mol. The predicted octanol–water partition coefficient (Wildman–Crippen LogP) is 2.41. The third kappa shape index (κ3) is 3.15. The first kappa shape index (κ1) is 12.4. The second-order valence-corrected chi connectivity index (χ2v) is 3.95. The van der Waals surface area contributed by atoms with E-state index in [4.69, 9.17) is 0 Å². The van der Waals surface area contributed by atoms with E-state index in [2.05, 4.69) is 0 Å². The molecule has 0 saturated heterocycles. The van der Waals surface area contributed by atoms with Gasteiger partial charge in [-0.3, -0.25) is 10.1 Å². The van der Waals surface area contributed by atoms with Crippen LogP contribution in [0.5, 0.6) is 0 Å². The SMILES string of the molecule is CC(=O)CC(c1ccccc1)C(C)[N+](=O)[O-]. The monoisotopic (exact) mass is 221 g/mol. The molecular formula is C12H15NO3. The Morgan fingerprint density at radius 3 is 2.38 bits per heavy atom. The largest absolute Gasteiger partial charge is 0.300 e. The molecule has 1 aromatic rings. The molecule has 4 heteroatoms. The number of Topliss-reactive ketones (excluding diaryl/α,β-unsaturated/α-hetero) is 1. The van der Waals surface area contributed by atoms with Crippen LogP contribution in [0.2, 0.25) is 0 Å². The van der Waals surface area contributed by atoms with Gasteiger partial charge in [-0.1, -0.05) is 30.3 Å². The number of carbonyl (C=O) groups is 1. The standard InChI is InChI=1S/C12H15NO3/c1-9(14)8-12(10(2)13(15)16)11-6-4-3-5-7-11/h3-7,10,12H,8H2,1-2H3. The highest BCUT2D eigenvalue weighted by atomic mass is 16.6. The Labute approximate surface area is 94.4 Å². The minimum Gasteiger partial charge on any atom is -0.300 e. The summed E-state index contributed by atoms with van der Waals surface area (Å²) < 4.78 is 0. The molecule has 86 valence electrons. The van der Waals surface area contributed by atoms with Gasteiger partial charge in [-0.05, 0) is 12.5 Å². The molecule has 2 unspecified atom stereocenters. The molecule has 0 radical (unpaired) electrons. The number of ketones is 1. The van der Waals surface area contributed by atoms with Crippen LogP contribution >= 0.6 is 0 Å². The lowest BCUT2D eigenvalue weighted by molar-refractivity contribution is -0.522. The quantitative estimate of drug-likeness (QED) is 0.566. The van der Waals surface area contributed by atoms with E-state index in [1.165, 1.54) is 6.92 Å². The van der Waals surface area contributed by atoms with Gasteiger partial charge in [0.2, 0.25) is 6.04 Å². The van der Waals surface area contributed by atoms with E-state index in [1.807, 2.05) is 30.3 Å². The van der Waals surface area contributed by atoms with Gasteiger partial charge >= 0.3 is 0 Å². The highest BCUT2D eigenvalue weighted by Gasteiger charge is 2.28. The molecule has 0 aromatic heterocycles. The van der Waals surface area contributed by atoms with Crippen molar-refractivity contribution in [2.75, 3.05) is 0 Å². The molecule has 0 aliphatic carbocycles. The molecule has 0 amide bonds. The van der Waals surface area contributed by atoms with Crippen LogP contribution in [-0.4, -0.2) is 16.7 Å². The summed E-state index contributed by atoms with van der Waals surface area (Å²) in [6, 6.07) is 8.42. The Morgan fingerprint density at radius 1 is 1.38 bits per heavy atom. The minimum atomic E-state index is -0.744. The maximum atomic E-state index is 11.1. The molecule has 16 heavy (non-hydrogen) atoms. The van der Waals surface area contributed by atoms with Crippen molar-refractivity contribution in [3.63, 3.8) is 0 Å². The van der Waals surface area contributed by atoms with Crippen molar-refractivity contribution in [1.29, 1.82) is 0 Å². The van der Waals surface area contributed by atoms with Crippen LogP contribution in [-0.2, 0) is 4.79 Å². The molecule has 0 aliphatic rings. The van der Waals surface area contributed by atoms with Crippen LogP contribution in [0.3, 0.4) is 0 Å². The van der Waals surface area contributed by atoms with Crippen LogP contribution in [0.4, 0.5) is 0 Å². The average Bonchev–Trinajstić information content (AvgIpc) is 2.26. The van der Waals surface area contributed by atoms with Crippen molar-refractivity contribution in [3.8, 4) is 0 Å². The maximum absolute atomic E-state index is 11.1. The zero-order chi connectivity index (χ0) is 12.1. The van der Waals surface area contributed by atoms with Crippen LogP contribution in [0.15, 0.2) is 30.3 Å². The molecule has 0 aliphatic heterocycles. The van der Waals surface area contributed by atoms with E-state index in [9.17, 15) is 14.9 Å². The molecule has 0 N–H and O–H groups in total. The van der Waals surface area contributed by atoms with Gasteiger partial charge in [0.25, 0.3) is 0 Å². The van der Waals surface area contributed by atoms with E-state index in [1.54, 1.807) is 6.92 Å². The predicted molar refractivity (Wildman–Crippen MR) is 60.9 cm³/mol. The van der Waals surface area contributed by atoms with Crippen LogP contribution in [0.25, 0.3) is 0 Å². The van der Waals surface area contributed by atoms with Gasteiger partial charge in [0.15, 0.2) is 0 Å². The first-order valence-electron chi connectivity index (χ1n) is 5.20. The van der Waals surface area contributed by atoms with Crippen molar-refractivity contribution in [2.24, 2.45) is 0 Å². The van der Waals surface area contributed by atoms with Crippen LogP contribution in [0, 0.1) is 10.1 Å². The van der Waals surface area contributed by atoms with Crippen molar-refractivity contribution in [2.45, 2.75) is 32.2 Å². The number of hydrogen-bond donors (Lipinski definition) is 0. The van der Waals surface area contributed by atoms with Gasteiger partial charge in [-0.15, -0.1) is 0 Å². The third-order valence-electron chi connectivity index (χ3n) is 2.65. The number of benzene rings is 1. The zero-order valence-corrected chi connectivity index (χ0v) is 9.42. The van der Waals surface area contributed by atoms with Crippen molar-refractivity contribution in [1.82, 2.24) is 0 Å². The van der Waals surface area contributed by atoms with Crippen molar-refractivity contribution < 1.29 is 9.72 Å². The second kappa shape index (κ2) is 5.39. The lowest BCUT2D eigenvalue weighted by atomic mass is 9.88. The summed E-state index contributed by atoms with van der Waals surface area (Å²) in [4.78, 5) is 21.6. The van der Waals surface area contributed by atoms with E-state index < -0.39 is 6.04 Å². The van der Waals surface area contributed by atoms with Crippen molar-refractivity contribution >= 4 is 5.78 Å². The Morgan fingerprint density at radius 2 is 1.94 bits per heavy atom.